The van der Waals surface area contributed by atoms with Gasteiger partial charge in [-0.05, 0) is 47.9 Å². The van der Waals surface area contributed by atoms with E-state index in [1.165, 1.54) is 0 Å². The Kier molecular flexibility index (Phi) is 7.05. The zero-order valence-electron chi connectivity index (χ0n) is 17.1. The zero-order chi connectivity index (χ0) is 22.3. The number of carbonyl (C=O) groups excluding carboxylic acids is 1. The molecule has 7 heteroatoms. The Bertz CT molecular complexity index is 1290. The van der Waals surface area contributed by atoms with Gasteiger partial charge in [0.05, 0.1) is 13.1 Å². The number of benzene rings is 2. The van der Waals surface area contributed by atoms with E-state index in [9.17, 15) is 10.1 Å². The average Bonchev–Trinajstić information content (AvgIpc) is 3.44. The third kappa shape index (κ3) is 5.28. The second kappa shape index (κ2) is 10.3. The third-order valence-electron chi connectivity index (χ3n) is 4.89. The molecule has 32 heavy (non-hydrogen) atoms. The van der Waals surface area contributed by atoms with E-state index in [1.807, 2.05) is 78.3 Å². The highest BCUT2D eigenvalue weighted by molar-refractivity contribution is 9.10. The highest BCUT2D eigenvalue weighted by Crippen LogP contribution is 2.27. The molecule has 0 unspecified atom stereocenters. The first-order valence-corrected chi connectivity index (χ1v) is 11.7. The summed E-state index contributed by atoms with van der Waals surface area (Å²) in [6.07, 6.45) is 3.60. The number of hydrogen-bond acceptors (Lipinski definition) is 4. The lowest BCUT2D eigenvalue weighted by Crippen LogP contribution is -2.23. The van der Waals surface area contributed by atoms with E-state index in [0.29, 0.717) is 19.7 Å². The quantitative estimate of drug-likeness (QED) is 0.244. The molecule has 2 aromatic heterocycles. The first-order valence-electron chi connectivity index (χ1n) is 10.0. The maximum Gasteiger partial charge on any atom is 0.262 e. The van der Waals surface area contributed by atoms with Gasteiger partial charge in [-0.1, -0.05) is 40.2 Å². The van der Waals surface area contributed by atoms with Crippen molar-refractivity contribution in [2.45, 2.75) is 13.1 Å². The Labute approximate surface area is 198 Å². The van der Waals surface area contributed by atoms with E-state index in [0.717, 1.165) is 31.6 Å². The maximum atomic E-state index is 12.6. The van der Waals surface area contributed by atoms with Crippen molar-refractivity contribution in [3.8, 4) is 11.8 Å². The fourth-order valence-electron chi connectivity index (χ4n) is 3.36. The number of amides is 1. The highest BCUT2D eigenvalue weighted by Gasteiger charge is 2.13. The third-order valence-corrected chi connectivity index (χ3v) is 6.26. The summed E-state index contributed by atoms with van der Waals surface area (Å²) < 4.78 is 8.85. The van der Waals surface area contributed by atoms with Crippen molar-refractivity contribution in [3.63, 3.8) is 0 Å². The van der Waals surface area contributed by atoms with Gasteiger partial charge < -0.3 is 14.6 Å². The van der Waals surface area contributed by atoms with Crippen LogP contribution in [0, 0.1) is 11.3 Å². The molecule has 0 saturated heterocycles. The van der Waals surface area contributed by atoms with Crippen LogP contribution in [0.25, 0.3) is 17.0 Å². The number of fused-ring (bicyclic) bond motifs is 1. The number of para-hydroxylation sites is 1. The van der Waals surface area contributed by atoms with Crippen molar-refractivity contribution < 1.29 is 9.53 Å². The normalized spacial score (nSPS) is 11.3. The van der Waals surface area contributed by atoms with Gasteiger partial charge in [-0.3, -0.25) is 4.79 Å². The monoisotopic (exact) mass is 505 g/mol. The summed E-state index contributed by atoms with van der Waals surface area (Å²) in [4.78, 5) is 13.6. The van der Waals surface area contributed by atoms with Gasteiger partial charge in [0.1, 0.15) is 24.0 Å². The number of hydrogen-bond donors (Lipinski definition) is 1. The number of nitrogens with zero attached hydrogens (tertiary/aromatic N) is 2. The second-order valence-corrected chi connectivity index (χ2v) is 8.98. The minimum absolute atomic E-state index is 0.0705. The summed E-state index contributed by atoms with van der Waals surface area (Å²) in [5, 5.41) is 15.3. The van der Waals surface area contributed by atoms with Crippen molar-refractivity contribution >= 4 is 50.2 Å². The number of halogens is 1. The second-order valence-electron chi connectivity index (χ2n) is 7.03. The molecule has 0 spiro atoms. The summed E-state index contributed by atoms with van der Waals surface area (Å²) in [7, 11) is 0. The van der Waals surface area contributed by atoms with Crippen LogP contribution in [0.3, 0.4) is 0 Å². The van der Waals surface area contributed by atoms with Gasteiger partial charge in [-0.15, -0.1) is 11.3 Å². The van der Waals surface area contributed by atoms with Crippen LogP contribution in [-0.2, 0) is 17.9 Å². The highest BCUT2D eigenvalue weighted by atomic mass is 79.9. The summed E-state index contributed by atoms with van der Waals surface area (Å²) in [6, 6.07) is 21.6. The first-order chi connectivity index (χ1) is 15.6. The Morgan fingerprint density at radius 3 is 2.78 bits per heavy atom. The van der Waals surface area contributed by atoms with Gasteiger partial charge in [-0.25, -0.2) is 0 Å². The van der Waals surface area contributed by atoms with E-state index < -0.39 is 0 Å². The zero-order valence-corrected chi connectivity index (χ0v) is 19.5. The van der Waals surface area contributed by atoms with Crippen molar-refractivity contribution in [1.29, 1.82) is 5.26 Å². The number of ether oxygens (including phenoxy) is 1. The standard InChI is InChI=1S/C25H20BrN3O2S/c26-20-8-9-24-23(14-20)19(17-29(24)10-11-31-21-5-2-1-3-6-21)13-18(15-27)25(30)28-16-22-7-4-12-32-22/h1-9,12-14,17H,10-11,16H2,(H,28,30)/b18-13+. The molecule has 5 nitrogen and oxygen atoms in total. The lowest BCUT2D eigenvalue weighted by Gasteiger charge is -2.08. The predicted molar refractivity (Wildman–Crippen MR) is 131 cm³/mol. The van der Waals surface area contributed by atoms with Crippen LogP contribution in [0.2, 0.25) is 0 Å². The van der Waals surface area contributed by atoms with E-state index in [1.54, 1.807) is 17.4 Å². The molecule has 2 aromatic carbocycles. The average molecular weight is 506 g/mol. The first kappa shape index (κ1) is 21.9. The Hall–Kier alpha value is -3.34. The van der Waals surface area contributed by atoms with Gasteiger partial charge >= 0.3 is 0 Å². The molecule has 0 aliphatic heterocycles. The van der Waals surface area contributed by atoms with Crippen LogP contribution in [-0.4, -0.2) is 17.1 Å². The lowest BCUT2D eigenvalue weighted by molar-refractivity contribution is -0.117. The minimum atomic E-state index is -0.385. The molecule has 2 heterocycles. The molecule has 0 aliphatic carbocycles. The van der Waals surface area contributed by atoms with E-state index in [-0.39, 0.29) is 11.5 Å². The van der Waals surface area contributed by atoms with Gasteiger partial charge in [0.2, 0.25) is 0 Å². The fraction of sp³-hybridized carbons (Fsp3) is 0.120. The molecule has 160 valence electrons. The molecular formula is C25H20BrN3O2S. The molecule has 1 N–H and O–H groups in total. The molecular weight excluding hydrogens is 486 g/mol. The smallest absolute Gasteiger partial charge is 0.262 e. The van der Waals surface area contributed by atoms with Gasteiger partial charge in [0.15, 0.2) is 0 Å². The predicted octanol–water partition coefficient (Wildman–Crippen LogP) is 5.77. The van der Waals surface area contributed by atoms with Crippen molar-refractivity contribution in [1.82, 2.24) is 9.88 Å². The Balaban J connectivity index is 1.56. The largest absolute Gasteiger partial charge is 0.492 e. The van der Waals surface area contributed by atoms with Crippen LogP contribution in [0.4, 0.5) is 0 Å². The van der Waals surface area contributed by atoms with Crippen LogP contribution >= 0.6 is 27.3 Å². The SMILES string of the molecule is N#C/C(=C\c1cn(CCOc2ccccc2)c2ccc(Br)cc12)C(=O)NCc1cccs1. The Morgan fingerprint density at radius 2 is 2.03 bits per heavy atom. The van der Waals surface area contributed by atoms with Gasteiger partial charge in [0.25, 0.3) is 5.91 Å². The number of rotatable bonds is 8. The van der Waals surface area contributed by atoms with E-state index >= 15 is 0 Å². The van der Waals surface area contributed by atoms with Gasteiger partial charge in [-0.2, -0.15) is 5.26 Å². The Morgan fingerprint density at radius 1 is 1.19 bits per heavy atom. The summed E-state index contributed by atoms with van der Waals surface area (Å²) in [6.45, 7) is 1.53. The molecule has 1 amide bonds. The van der Waals surface area contributed by atoms with Crippen molar-refractivity contribution in [2.75, 3.05) is 6.61 Å². The molecule has 4 aromatic rings. The van der Waals surface area contributed by atoms with Crippen LogP contribution in [0.5, 0.6) is 5.75 Å². The summed E-state index contributed by atoms with van der Waals surface area (Å²) in [5.41, 5.74) is 1.89. The van der Waals surface area contributed by atoms with E-state index in [4.69, 9.17) is 4.74 Å². The van der Waals surface area contributed by atoms with Crippen LogP contribution in [0.15, 0.2) is 82.3 Å². The molecule has 0 bridgehead atoms. The summed E-state index contributed by atoms with van der Waals surface area (Å²) in [5.74, 6) is 0.435. The molecule has 0 saturated carbocycles. The molecule has 4 rings (SSSR count). The lowest BCUT2D eigenvalue weighted by atomic mass is 10.1. The number of carbonyl (C=O) groups is 1. The number of aromatic nitrogens is 1. The molecule has 0 aliphatic rings. The van der Waals surface area contributed by atoms with E-state index in [2.05, 4.69) is 25.8 Å². The number of nitriles is 1. The molecule has 0 fully saturated rings. The molecule has 0 atom stereocenters. The van der Waals surface area contributed by atoms with Gasteiger partial charge in [0, 0.05) is 32.0 Å². The number of thiophene rings is 1. The fourth-order valence-corrected chi connectivity index (χ4v) is 4.36. The minimum Gasteiger partial charge on any atom is -0.492 e. The van der Waals surface area contributed by atoms with Crippen molar-refractivity contribution in [3.05, 3.63) is 92.7 Å². The van der Waals surface area contributed by atoms with Crippen molar-refractivity contribution in [2.24, 2.45) is 0 Å². The van der Waals surface area contributed by atoms with Crippen LogP contribution in [0.1, 0.15) is 10.4 Å². The number of nitrogens with one attached hydrogen (secondary N) is 1. The topological polar surface area (TPSA) is 67.0 Å². The summed E-state index contributed by atoms with van der Waals surface area (Å²) >= 11 is 5.08. The van der Waals surface area contributed by atoms with Crippen LogP contribution < -0.4 is 10.1 Å². The molecule has 0 radical (unpaired) electrons. The maximum absolute atomic E-state index is 12.6.